The van der Waals surface area contributed by atoms with Crippen LogP contribution in [0, 0.1) is 6.92 Å². The molecule has 146 valence electrons. The number of hydrogen-bond acceptors (Lipinski definition) is 5. The lowest BCUT2D eigenvalue weighted by atomic mass is 9.93. The van der Waals surface area contributed by atoms with Gasteiger partial charge in [-0.1, -0.05) is 45.9 Å². The van der Waals surface area contributed by atoms with Gasteiger partial charge in [0.2, 0.25) is 5.95 Å². The molecule has 2 heterocycles. The van der Waals surface area contributed by atoms with Crippen LogP contribution in [-0.2, 0) is 0 Å². The fourth-order valence-electron chi connectivity index (χ4n) is 3.61. The maximum Gasteiger partial charge on any atom is 0.229 e. The third-order valence-corrected chi connectivity index (χ3v) is 5.28. The lowest BCUT2D eigenvalue weighted by molar-refractivity contribution is 0.312. The SMILES string of the molecule is Cc1cc(N2CCN(C)CC2)nc(Nc2c(C(C)C)cccc2C(C)C)n1. The summed E-state index contributed by atoms with van der Waals surface area (Å²) in [6.45, 7) is 15.1. The molecule has 0 atom stereocenters. The van der Waals surface area contributed by atoms with Crippen LogP contribution < -0.4 is 10.2 Å². The van der Waals surface area contributed by atoms with Crippen molar-refractivity contribution in [1.29, 1.82) is 0 Å². The molecule has 1 aromatic heterocycles. The third kappa shape index (κ3) is 4.59. The number of anilines is 3. The van der Waals surface area contributed by atoms with Crippen LogP contribution in [0.5, 0.6) is 0 Å². The lowest BCUT2D eigenvalue weighted by Gasteiger charge is -2.33. The van der Waals surface area contributed by atoms with Gasteiger partial charge < -0.3 is 15.1 Å². The zero-order valence-electron chi connectivity index (χ0n) is 17.6. The molecule has 1 N–H and O–H groups in total. The topological polar surface area (TPSA) is 44.3 Å². The van der Waals surface area contributed by atoms with E-state index in [0.29, 0.717) is 17.8 Å². The average molecular weight is 368 g/mol. The molecule has 1 aromatic carbocycles. The Labute approximate surface area is 163 Å². The Morgan fingerprint density at radius 3 is 2.07 bits per heavy atom. The second-order valence-corrected chi connectivity index (χ2v) is 8.23. The normalized spacial score (nSPS) is 15.6. The van der Waals surface area contributed by atoms with Crippen molar-refractivity contribution < 1.29 is 0 Å². The van der Waals surface area contributed by atoms with Gasteiger partial charge >= 0.3 is 0 Å². The number of benzene rings is 1. The molecule has 1 aliphatic rings. The second-order valence-electron chi connectivity index (χ2n) is 8.23. The van der Waals surface area contributed by atoms with Gasteiger partial charge in [0, 0.05) is 43.6 Å². The van der Waals surface area contributed by atoms with Crippen molar-refractivity contribution in [2.75, 3.05) is 43.4 Å². The number of nitrogens with zero attached hydrogens (tertiary/aromatic N) is 4. The van der Waals surface area contributed by atoms with Gasteiger partial charge in [-0.15, -0.1) is 0 Å². The molecule has 5 heteroatoms. The number of likely N-dealkylation sites (N-methyl/N-ethyl adjacent to an activating group) is 1. The van der Waals surface area contributed by atoms with Gasteiger partial charge in [0.05, 0.1) is 0 Å². The Morgan fingerprint density at radius 2 is 1.52 bits per heavy atom. The van der Waals surface area contributed by atoms with Gasteiger partial charge in [-0.3, -0.25) is 0 Å². The highest BCUT2D eigenvalue weighted by atomic mass is 15.3. The molecule has 0 amide bonds. The Hall–Kier alpha value is -2.14. The monoisotopic (exact) mass is 367 g/mol. The van der Waals surface area contributed by atoms with Gasteiger partial charge in [-0.05, 0) is 36.9 Å². The van der Waals surface area contributed by atoms with Crippen LogP contribution in [0.15, 0.2) is 24.3 Å². The minimum Gasteiger partial charge on any atom is -0.354 e. The summed E-state index contributed by atoms with van der Waals surface area (Å²) in [4.78, 5) is 14.3. The predicted octanol–water partition coefficient (Wildman–Crippen LogP) is 4.53. The highest BCUT2D eigenvalue weighted by Crippen LogP contribution is 2.34. The highest BCUT2D eigenvalue weighted by molar-refractivity contribution is 5.66. The van der Waals surface area contributed by atoms with Crippen LogP contribution >= 0.6 is 0 Å². The molecule has 0 bridgehead atoms. The predicted molar refractivity (Wildman–Crippen MR) is 114 cm³/mol. The third-order valence-electron chi connectivity index (χ3n) is 5.28. The number of para-hydroxylation sites is 1. The van der Waals surface area contributed by atoms with Crippen LogP contribution in [0.1, 0.15) is 56.4 Å². The Morgan fingerprint density at radius 1 is 0.926 bits per heavy atom. The first-order valence-corrected chi connectivity index (χ1v) is 10.0. The smallest absolute Gasteiger partial charge is 0.229 e. The number of nitrogens with one attached hydrogen (secondary N) is 1. The minimum atomic E-state index is 0.438. The Kier molecular flexibility index (Phi) is 6.00. The van der Waals surface area contributed by atoms with E-state index in [1.165, 1.54) is 11.1 Å². The van der Waals surface area contributed by atoms with E-state index in [-0.39, 0.29) is 0 Å². The molecule has 1 aliphatic heterocycles. The minimum absolute atomic E-state index is 0.438. The second kappa shape index (κ2) is 8.26. The lowest BCUT2D eigenvalue weighted by Crippen LogP contribution is -2.44. The molecule has 27 heavy (non-hydrogen) atoms. The number of rotatable bonds is 5. The number of hydrogen-bond donors (Lipinski definition) is 1. The Balaban J connectivity index is 1.94. The van der Waals surface area contributed by atoms with Crippen LogP contribution in [-0.4, -0.2) is 48.1 Å². The van der Waals surface area contributed by atoms with E-state index in [1.54, 1.807) is 0 Å². The zero-order chi connectivity index (χ0) is 19.6. The van der Waals surface area contributed by atoms with Gasteiger partial charge in [0.1, 0.15) is 5.82 Å². The number of piperazine rings is 1. The van der Waals surface area contributed by atoms with E-state index in [0.717, 1.165) is 43.4 Å². The van der Waals surface area contributed by atoms with E-state index >= 15 is 0 Å². The van der Waals surface area contributed by atoms with Crippen molar-refractivity contribution in [3.63, 3.8) is 0 Å². The quantitative estimate of drug-likeness (QED) is 0.841. The molecule has 1 saturated heterocycles. The summed E-state index contributed by atoms with van der Waals surface area (Å²) >= 11 is 0. The van der Waals surface area contributed by atoms with E-state index in [4.69, 9.17) is 4.98 Å². The van der Waals surface area contributed by atoms with Gasteiger partial charge in [-0.25, -0.2) is 4.98 Å². The summed E-state index contributed by atoms with van der Waals surface area (Å²) in [6, 6.07) is 8.66. The zero-order valence-corrected chi connectivity index (χ0v) is 17.6. The van der Waals surface area contributed by atoms with Crippen molar-refractivity contribution in [1.82, 2.24) is 14.9 Å². The molecular formula is C22H33N5. The molecule has 0 spiro atoms. The van der Waals surface area contributed by atoms with Crippen molar-refractivity contribution in [3.8, 4) is 0 Å². The molecular weight excluding hydrogens is 334 g/mol. The first-order valence-electron chi connectivity index (χ1n) is 10.0. The fraction of sp³-hybridized carbons (Fsp3) is 0.545. The van der Waals surface area contributed by atoms with Crippen molar-refractivity contribution in [2.24, 2.45) is 0 Å². The maximum atomic E-state index is 4.86. The van der Waals surface area contributed by atoms with E-state index in [2.05, 4.69) is 79.1 Å². The van der Waals surface area contributed by atoms with Crippen LogP contribution in [0.4, 0.5) is 17.5 Å². The molecule has 5 nitrogen and oxygen atoms in total. The van der Waals surface area contributed by atoms with E-state index < -0.39 is 0 Å². The Bertz CT molecular complexity index is 750. The molecule has 0 unspecified atom stereocenters. The molecule has 0 aliphatic carbocycles. The highest BCUT2D eigenvalue weighted by Gasteiger charge is 2.18. The summed E-state index contributed by atoms with van der Waals surface area (Å²) in [5.41, 5.74) is 4.78. The maximum absolute atomic E-state index is 4.86. The van der Waals surface area contributed by atoms with Crippen LogP contribution in [0.2, 0.25) is 0 Å². The van der Waals surface area contributed by atoms with Crippen molar-refractivity contribution in [3.05, 3.63) is 41.1 Å². The summed E-state index contributed by atoms with van der Waals surface area (Å²) in [6.07, 6.45) is 0. The standard InChI is InChI=1S/C22H33N5/c1-15(2)18-8-7-9-19(16(3)4)21(18)25-22-23-17(5)14-20(24-22)27-12-10-26(6)11-13-27/h7-9,14-16H,10-13H2,1-6H3,(H,23,24,25). The largest absolute Gasteiger partial charge is 0.354 e. The summed E-state index contributed by atoms with van der Waals surface area (Å²) in [5, 5.41) is 3.57. The molecule has 0 radical (unpaired) electrons. The molecule has 3 rings (SSSR count). The average Bonchev–Trinajstić information content (AvgIpc) is 2.61. The summed E-state index contributed by atoms with van der Waals surface area (Å²) < 4.78 is 0. The fourth-order valence-corrected chi connectivity index (χ4v) is 3.61. The number of aryl methyl sites for hydroxylation is 1. The van der Waals surface area contributed by atoms with Gasteiger partial charge in [0.25, 0.3) is 0 Å². The summed E-state index contributed by atoms with van der Waals surface area (Å²) in [7, 11) is 2.17. The summed E-state index contributed by atoms with van der Waals surface area (Å²) in [5.74, 6) is 2.59. The van der Waals surface area contributed by atoms with E-state index in [9.17, 15) is 0 Å². The first kappa shape index (κ1) is 19.6. The van der Waals surface area contributed by atoms with Gasteiger partial charge in [-0.2, -0.15) is 4.98 Å². The van der Waals surface area contributed by atoms with E-state index in [1.807, 2.05) is 6.92 Å². The van der Waals surface area contributed by atoms with Crippen molar-refractivity contribution >= 4 is 17.5 Å². The molecule has 2 aromatic rings. The first-order chi connectivity index (χ1) is 12.8. The molecule has 0 saturated carbocycles. The molecule has 1 fully saturated rings. The van der Waals surface area contributed by atoms with Crippen LogP contribution in [0.25, 0.3) is 0 Å². The number of aromatic nitrogens is 2. The van der Waals surface area contributed by atoms with Gasteiger partial charge in [0.15, 0.2) is 0 Å². The van der Waals surface area contributed by atoms with Crippen molar-refractivity contribution in [2.45, 2.75) is 46.5 Å². The van der Waals surface area contributed by atoms with Crippen LogP contribution in [0.3, 0.4) is 0 Å².